The Labute approximate surface area is 105 Å². The van der Waals surface area contributed by atoms with Gasteiger partial charge in [-0.2, -0.15) is 0 Å². The molecule has 98 valence electrons. The Morgan fingerprint density at radius 1 is 1.29 bits per heavy atom. The molecular weight excluding hydrogens is 212 g/mol. The fraction of sp³-hybridized carbons (Fsp3) is 0.929. The predicted octanol–water partition coefficient (Wildman–Crippen LogP) is 2.21. The van der Waals surface area contributed by atoms with Crippen LogP contribution in [0.3, 0.4) is 0 Å². The van der Waals surface area contributed by atoms with E-state index in [0.717, 1.165) is 18.8 Å². The molecule has 0 spiro atoms. The van der Waals surface area contributed by atoms with Gasteiger partial charge in [0.1, 0.15) is 0 Å². The molecule has 2 aliphatic carbocycles. The van der Waals surface area contributed by atoms with E-state index in [1.165, 1.54) is 32.1 Å². The number of nitrogens with one attached hydrogen (secondary N) is 2. The van der Waals surface area contributed by atoms with Gasteiger partial charge in [0.2, 0.25) is 5.91 Å². The fourth-order valence-electron chi connectivity index (χ4n) is 3.07. The summed E-state index contributed by atoms with van der Waals surface area (Å²) < 4.78 is 0. The van der Waals surface area contributed by atoms with Gasteiger partial charge >= 0.3 is 0 Å². The highest BCUT2D eigenvalue weighted by Gasteiger charge is 2.34. The Morgan fingerprint density at radius 3 is 2.47 bits per heavy atom. The lowest BCUT2D eigenvalue weighted by Crippen LogP contribution is -2.49. The molecule has 2 rings (SSSR count). The number of rotatable bonds is 5. The quantitative estimate of drug-likeness (QED) is 0.771. The second-order valence-corrected chi connectivity index (χ2v) is 5.96. The van der Waals surface area contributed by atoms with Crippen LogP contribution in [0.15, 0.2) is 0 Å². The van der Waals surface area contributed by atoms with Crippen LogP contribution in [0.1, 0.15) is 58.3 Å². The minimum Gasteiger partial charge on any atom is -0.353 e. The van der Waals surface area contributed by atoms with Crippen molar-refractivity contribution in [2.45, 2.75) is 69.9 Å². The van der Waals surface area contributed by atoms with Gasteiger partial charge in [0.05, 0.1) is 0 Å². The van der Waals surface area contributed by atoms with Crippen molar-refractivity contribution in [2.24, 2.45) is 5.92 Å². The summed E-state index contributed by atoms with van der Waals surface area (Å²) in [4.78, 5) is 12.1. The van der Waals surface area contributed by atoms with Gasteiger partial charge in [-0.3, -0.25) is 4.79 Å². The summed E-state index contributed by atoms with van der Waals surface area (Å²) in [6.07, 6.45) is 9.36. The van der Waals surface area contributed by atoms with Gasteiger partial charge in [0.15, 0.2) is 0 Å². The van der Waals surface area contributed by atoms with Gasteiger partial charge in [0.25, 0.3) is 0 Å². The minimum atomic E-state index is 0.0750. The molecule has 0 saturated heterocycles. The zero-order valence-corrected chi connectivity index (χ0v) is 11.2. The molecule has 1 unspecified atom stereocenters. The number of hydrogen-bond donors (Lipinski definition) is 2. The summed E-state index contributed by atoms with van der Waals surface area (Å²) in [5, 5.41) is 6.57. The maximum Gasteiger partial charge on any atom is 0.222 e. The average Bonchev–Trinajstić information content (AvgIpc) is 3.13. The molecule has 1 atom stereocenters. The van der Waals surface area contributed by atoms with E-state index >= 15 is 0 Å². The van der Waals surface area contributed by atoms with Crippen LogP contribution in [0.2, 0.25) is 0 Å². The van der Waals surface area contributed by atoms with Crippen LogP contribution in [-0.4, -0.2) is 24.5 Å². The molecule has 0 aromatic heterocycles. The lowest BCUT2D eigenvalue weighted by atomic mass is 9.79. The number of hydrogen-bond acceptors (Lipinski definition) is 2. The molecule has 2 N–H and O–H groups in total. The van der Waals surface area contributed by atoms with Crippen molar-refractivity contribution in [1.29, 1.82) is 0 Å². The topological polar surface area (TPSA) is 41.1 Å². The monoisotopic (exact) mass is 238 g/mol. The molecule has 3 nitrogen and oxygen atoms in total. The van der Waals surface area contributed by atoms with Crippen molar-refractivity contribution in [2.75, 3.05) is 7.05 Å². The highest BCUT2D eigenvalue weighted by atomic mass is 16.1. The number of amides is 1. The molecule has 2 aliphatic rings. The lowest BCUT2D eigenvalue weighted by Gasteiger charge is -2.37. The molecule has 2 saturated carbocycles. The first-order valence-electron chi connectivity index (χ1n) is 7.13. The Kier molecular flexibility index (Phi) is 4.08. The van der Waals surface area contributed by atoms with E-state index in [1.54, 1.807) is 0 Å². The first-order chi connectivity index (χ1) is 8.15. The lowest BCUT2D eigenvalue weighted by molar-refractivity contribution is -0.123. The van der Waals surface area contributed by atoms with Gasteiger partial charge in [-0.05, 0) is 45.6 Å². The Balaban J connectivity index is 1.82. The second-order valence-electron chi connectivity index (χ2n) is 5.96. The zero-order chi connectivity index (χ0) is 12.3. The van der Waals surface area contributed by atoms with Gasteiger partial charge in [-0.1, -0.05) is 19.3 Å². The Morgan fingerprint density at radius 2 is 1.94 bits per heavy atom. The highest BCUT2D eigenvalue weighted by molar-refractivity contribution is 5.77. The van der Waals surface area contributed by atoms with Gasteiger partial charge in [0, 0.05) is 18.0 Å². The summed E-state index contributed by atoms with van der Waals surface area (Å²) in [5.74, 6) is 0.983. The third kappa shape index (κ3) is 3.44. The summed E-state index contributed by atoms with van der Waals surface area (Å²) in [6.45, 7) is 2.14. The van der Waals surface area contributed by atoms with Crippen LogP contribution in [0.5, 0.6) is 0 Å². The van der Waals surface area contributed by atoms with E-state index in [-0.39, 0.29) is 11.4 Å². The molecule has 0 bridgehead atoms. The highest BCUT2D eigenvalue weighted by Crippen LogP contribution is 2.33. The molecule has 0 aliphatic heterocycles. The number of carbonyl (C=O) groups is 1. The SMILES string of the molecule is CNC1(CC(=O)NC(C)C2CC2)CCCCC1. The summed E-state index contributed by atoms with van der Waals surface area (Å²) >= 11 is 0. The molecule has 1 amide bonds. The van der Waals surface area contributed by atoms with Crippen LogP contribution < -0.4 is 10.6 Å². The largest absolute Gasteiger partial charge is 0.353 e. The van der Waals surface area contributed by atoms with Crippen molar-refractivity contribution in [1.82, 2.24) is 10.6 Å². The molecule has 0 aromatic carbocycles. The van der Waals surface area contributed by atoms with Gasteiger partial charge in [-0.25, -0.2) is 0 Å². The number of carbonyl (C=O) groups excluding carboxylic acids is 1. The van der Waals surface area contributed by atoms with E-state index in [4.69, 9.17) is 0 Å². The Bertz CT molecular complexity index is 267. The van der Waals surface area contributed by atoms with E-state index in [1.807, 2.05) is 7.05 Å². The first-order valence-corrected chi connectivity index (χ1v) is 7.13. The molecule has 0 heterocycles. The molecule has 0 aromatic rings. The second kappa shape index (κ2) is 5.38. The summed E-state index contributed by atoms with van der Waals surface area (Å²) in [7, 11) is 2.00. The fourth-order valence-corrected chi connectivity index (χ4v) is 3.07. The molecule has 2 fully saturated rings. The normalized spacial score (nSPS) is 25.3. The van der Waals surface area contributed by atoms with Crippen molar-refractivity contribution in [3.05, 3.63) is 0 Å². The van der Waals surface area contributed by atoms with Crippen LogP contribution in [0.4, 0.5) is 0 Å². The smallest absolute Gasteiger partial charge is 0.222 e. The van der Waals surface area contributed by atoms with Crippen LogP contribution in [0.25, 0.3) is 0 Å². The summed E-state index contributed by atoms with van der Waals surface area (Å²) in [5.41, 5.74) is 0.0750. The third-order valence-electron chi connectivity index (χ3n) is 4.56. The maximum absolute atomic E-state index is 12.1. The standard InChI is InChI=1S/C14H26N2O/c1-11(12-6-7-12)16-13(17)10-14(15-2)8-4-3-5-9-14/h11-12,15H,3-10H2,1-2H3,(H,16,17). The first kappa shape index (κ1) is 12.9. The van der Waals surface area contributed by atoms with Crippen molar-refractivity contribution in [3.8, 4) is 0 Å². The van der Waals surface area contributed by atoms with Crippen molar-refractivity contribution < 1.29 is 4.79 Å². The van der Waals surface area contributed by atoms with E-state index < -0.39 is 0 Å². The predicted molar refractivity (Wildman–Crippen MR) is 69.8 cm³/mol. The minimum absolute atomic E-state index is 0.0750. The average molecular weight is 238 g/mol. The molecular formula is C14H26N2O. The zero-order valence-electron chi connectivity index (χ0n) is 11.2. The van der Waals surface area contributed by atoms with Crippen LogP contribution >= 0.6 is 0 Å². The van der Waals surface area contributed by atoms with E-state index in [0.29, 0.717) is 12.5 Å². The summed E-state index contributed by atoms with van der Waals surface area (Å²) in [6, 6.07) is 0.375. The van der Waals surface area contributed by atoms with E-state index in [2.05, 4.69) is 17.6 Å². The van der Waals surface area contributed by atoms with Crippen LogP contribution in [-0.2, 0) is 4.79 Å². The Hall–Kier alpha value is -0.570. The van der Waals surface area contributed by atoms with Gasteiger partial charge < -0.3 is 10.6 Å². The van der Waals surface area contributed by atoms with Crippen LogP contribution in [0, 0.1) is 5.92 Å². The molecule has 3 heteroatoms. The van der Waals surface area contributed by atoms with Crippen molar-refractivity contribution in [3.63, 3.8) is 0 Å². The molecule has 0 radical (unpaired) electrons. The maximum atomic E-state index is 12.1. The molecule has 17 heavy (non-hydrogen) atoms. The van der Waals surface area contributed by atoms with Gasteiger partial charge in [-0.15, -0.1) is 0 Å². The van der Waals surface area contributed by atoms with Crippen molar-refractivity contribution >= 4 is 5.91 Å². The van der Waals surface area contributed by atoms with E-state index in [9.17, 15) is 4.79 Å². The third-order valence-corrected chi connectivity index (χ3v) is 4.56.